The summed E-state index contributed by atoms with van der Waals surface area (Å²) < 4.78 is 4.43. The van der Waals surface area contributed by atoms with Crippen LogP contribution in [0.15, 0.2) is 39.0 Å². The summed E-state index contributed by atoms with van der Waals surface area (Å²) in [6.07, 6.45) is 3.50. The number of aromatic nitrogens is 4. The number of rotatable bonds is 7. The minimum Gasteiger partial charge on any atom is -0.383 e. The first-order chi connectivity index (χ1) is 15.3. The van der Waals surface area contributed by atoms with Gasteiger partial charge in [-0.15, -0.1) is 0 Å². The second-order valence-electron chi connectivity index (χ2n) is 8.43. The fraction of sp³-hybridized carbons (Fsp3) is 0.478. The normalized spacial score (nSPS) is 15.7. The highest BCUT2D eigenvalue weighted by atomic mass is 16.2. The van der Waals surface area contributed by atoms with Crippen LogP contribution in [0.2, 0.25) is 0 Å². The predicted molar refractivity (Wildman–Crippen MR) is 129 cm³/mol. The van der Waals surface area contributed by atoms with Gasteiger partial charge in [-0.1, -0.05) is 25.5 Å². The van der Waals surface area contributed by atoms with Crippen molar-refractivity contribution in [2.75, 3.05) is 23.4 Å². The van der Waals surface area contributed by atoms with Crippen LogP contribution < -0.4 is 21.6 Å². The molecule has 32 heavy (non-hydrogen) atoms. The SMILES string of the molecule is CCCCc1ccc(NCCN2N=C(C)[C@H](C)n3c2nc2c3c(=O)n(C)c(=O)n2C)cc1. The van der Waals surface area contributed by atoms with E-state index in [4.69, 9.17) is 5.10 Å². The first kappa shape index (κ1) is 21.9. The molecule has 3 aromatic rings. The number of nitrogens with zero attached hydrogens (tertiary/aromatic N) is 6. The van der Waals surface area contributed by atoms with Crippen molar-refractivity contribution in [3.05, 3.63) is 50.7 Å². The van der Waals surface area contributed by atoms with E-state index >= 15 is 0 Å². The average molecular weight is 438 g/mol. The van der Waals surface area contributed by atoms with E-state index in [1.807, 2.05) is 23.4 Å². The van der Waals surface area contributed by atoms with Gasteiger partial charge in [-0.2, -0.15) is 10.1 Å². The lowest BCUT2D eigenvalue weighted by Crippen LogP contribution is -2.39. The molecule has 4 rings (SSSR count). The molecule has 0 spiro atoms. The maximum atomic E-state index is 12.9. The van der Waals surface area contributed by atoms with Crippen molar-refractivity contribution in [2.24, 2.45) is 19.2 Å². The topological polar surface area (TPSA) is 89.5 Å². The van der Waals surface area contributed by atoms with Crippen LogP contribution in [0.4, 0.5) is 11.6 Å². The van der Waals surface area contributed by atoms with Crippen molar-refractivity contribution in [3.63, 3.8) is 0 Å². The van der Waals surface area contributed by atoms with Crippen LogP contribution in [0.1, 0.15) is 45.2 Å². The molecule has 0 radical (unpaired) electrons. The zero-order valence-corrected chi connectivity index (χ0v) is 19.4. The molecule has 1 aromatic carbocycles. The number of hydrazone groups is 1. The second-order valence-corrected chi connectivity index (χ2v) is 8.43. The minimum absolute atomic E-state index is 0.125. The highest BCUT2D eigenvalue weighted by Crippen LogP contribution is 2.29. The molecule has 0 bridgehead atoms. The van der Waals surface area contributed by atoms with Crippen LogP contribution in [-0.4, -0.2) is 37.5 Å². The Hall–Kier alpha value is -3.36. The molecular formula is C23H31N7O2. The predicted octanol–water partition coefficient (Wildman–Crippen LogP) is 2.65. The summed E-state index contributed by atoms with van der Waals surface area (Å²) >= 11 is 0. The monoisotopic (exact) mass is 437 g/mol. The number of anilines is 2. The van der Waals surface area contributed by atoms with Gasteiger partial charge in [0.25, 0.3) is 5.56 Å². The summed E-state index contributed by atoms with van der Waals surface area (Å²) in [6.45, 7) is 7.36. The number of fused-ring (bicyclic) bond motifs is 3. The van der Waals surface area contributed by atoms with Crippen LogP contribution in [0.3, 0.4) is 0 Å². The van der Waals surface area contributed by atoms with Crippen LogP contribution >= 0.6 is 0 Å². The Morgan fingerprint density at radius 1 is 1.09 bits per heavy atom. The minimum atomic E-state index is -0.390. The molecule has 0 aliphatic carbocycles. The lowest BCUT2D eigenvalue weighted by molar-refractivity contribution is 0.638. The lowest BCUT2D eigenvalue weighted by Gasteiger charge is -2.29. The van der Waals surface area contributed by atoms with Gasteiger partial charge in [-0.25, -0.2) is 9.80 Å². The van der Waals surface area contributed by atoms with Crippen LogP contribution in [0.5, 0.6) is 0 Å². The van der Waals surface area contributed by atoms with Gasteiger partial charge in [0, 0.05) is 26.3 Å². The maximum Gasteiger partial charge on any atom is 0.332 e. The Morgan fingerprint density at radius 3 is 2.50 bits per heavy atom. The molecule has 0 fully saturated rings. The lowest BCUT2D eigenvalue weighted by atomic mass is 10.1. The number of imidazole rings is 1. The second kappa shape index (κ2) is 8.64. The van der Waals surface area contributed by atoms with Crippen LogP contribution in [0.25, 0.3) is 11.2 Å². The van der Waals surface area contributed by atoms with Gasteiger partial charge < -0.3 is 5.32 Å². The van der Waals surface area contributed by atoms with Gasteiger partial charge in [-0.3, -0.25) is 18.5 Å². The molecule has 9 heteroatoms. The van der Waals surface area contributed by atoms with Gasteiger partial charge in [-0.05, 0) is 44.4 Å². The summed E-state index contributed by atoms with van der Waals surface area (Å²) in [4.78, 5) is 29.9. The zero-order valence-electron chi connectivity index (χ0n) is 19.4. The first-order valence-corrected chi connectivity index (χ1v) is 11.2. The van der Waals surface area contributed by atoms with Gasteiger partial charge in [0.2, 0.25) is 5.95 Å². The number of aryl methyl sites for hydroxylation is 2. The summed E-state index contributed by atoms with van der Waals surface area (Å²) in [5, 5.41) is 9.96. The van der Waals surface area contributed by atoms with E-state index in [1.54, 1.807) is 7.05 Å². The zero-order chi connectivity index (χ0) is 23.0. The molecule has 0 saturated heterocycles. The van der Waals surface area contributed by atoms with Gasteiger partial charge >= 0.3 is 5.69 Å². The van der Waals surface area contributed by atoms with E-state index in [0.29, 0.717) is 30.2 Å². The van der Waals surface area contributed by atoms with Crippen molar-refractivity contribution in [1.29, 1.82) is 0 Å². The molecule has 0 amide bonds. The van der Waals surface area contributed by atoms with E-state index in [1.165, 1.54) is 30.0 Å². The third kappa shape index (κ3) is 3.72. The number of nitrogens with one attached hydrogen (secondary N) is 1. The summed E-state index contributed by atoms with van der Waals surface area (Å²) in [7, 11) is 3.13. The molecule has 3 heterocycles. The molecule has 1 aliphatic heterocycles. The molecule has 1 N–H and O–H groups in total. The third-order valence-electron chi connectivity index (χ3n) is 6.20. The summed E-state index contributed by atoms with van der Waals surface area (Å²) in [5.41, 5.74) is 3.36. The van der Waals surface area contributed by atoms with E-state index in [9.17, 15) is 9.59 Å². The van der Waals surface area contributed by atoms with Gasteiger partial charge in [0.15, 0.2) is 11.2 Å². The Balaban J connectivity index is 1.59. The highest BCUT2D eigenvalue weighted by Gasteiger charge is 2.30. The quantitative estimate of drug-likeness (QED) is 0.614. The number of hydrogen-bond donors (Lipinski definition) is 1. The Labute approximate surface area is 187 Å². The highest BCUT2D eigenvalue weighted by molar-refractivity contribution is 5.91. The third-order valence-corrected chi connectivity index (χ3v) is 6.20. The molecule has 170 valence electrons. The van der Waals surface area contributed by atoms with Gasteiger partial charge in [0.1, 0.15) is 0 Å². The molecule has 0 saturated carbocycles. The summed E-state index contributed by atoms with van der Waals surface area (Å²) in [5.74, 6) is 0.577. The summed E-state index contributed by atoms with van der Waals surface area (Å²) in [6, 6.07) is 8.41. The van der Waals surface area contributed by atoms with E-state index in [-0.39, 0.29) is 17.3 Å². The average Bonchev–Trinajstić information content (AvgIpc) is 3.20. The van der Waals surface area contributed by atoms with E-state index in [2.05, 4.69) is 41.5 Å². The van der Waals surface area contributed by atoms with Crippen molar-refractivity contribution in [1.82, 2.24) is 18.7 Å². The Morgan fingerprint density at radius 2 is 1.81 bits per heavy atom. The molecule has 2 aromatic heterocycles. The smallest absolute Gasteiger partial charge is 0.332 e. The van der Waals surface area contributed by atoms with Gasteiger partial charge in [0.05, 0.1) is 18.3 Å². The van der Waals surface area contributed by atoms with Crippen molar-refractivity contribution < 1.29 is 0 Å². The number of hydrogen-bond acceptors (Lipinski definition) is 6. The standard InChI is InChI=1S/C23H31N7O2/c1-6-7-8-17-9-11-18(12-10-17)24-13-14-29-22-25-20-19(30(22)16(3)15(2)26-29)21(31)28(5)23(32)27(20)4/h9-12,16,24H,6-8,13-14H2,1-5H3/t16-/m0/s1. The molecule has 1 atom stereocenters. The van der Waals surface area contributed by atoms with E-state index < -0.39 is 0 Å². The molecule has 0 unspecified atom stereocenters. The number of benzene rings is 1. The Bertz CT molecular complexity index is 1280. The fourth-order valence-corrected chi connectivity index (χ4v) is 4.08. The Kier molecular flexibility index (Phi) is 5.90. The number of unbranched alkanes of at least 4 members (excludes halogenated alkanes) is 1. The van der Waals surface area contributed by atoms with Crippen LogP contribution in [-0.2, 0) is 20.5 Å². The maximum absolute atomic E-state index is 12.9. The van der Waals surface area contributed by atoms with Crippen molar-refractivity contribution >= 4 is 28.5 Å². The first-order valence-electron chi connectivity index (χ1n) is 11.2. The van der Waals surface area contributed by atoms with Crippen molar-refractivity contribution in [3.8, 4) is 0 Å². The largest absolute Gasteiger partial charge is 0.383 e. The fourth-order valence-electron chi connectivity index (χ4n) is 4.08. The van der Waals surface area contributed by atoms with Crippen LogP contribution in [0, 0.1) is 0 Å². The van der Waals surface area contributed by atoms with Crippen molar-refractivity contribution in [2.45, 2.75) is 46.1 Å². The molecule has 1 aliphatic rings. The molecule has 9 nitrogen and oxygen atoms in total. The van der Waals surface area contributed by atoms with E-state index in [0.717, 1.165) is 22.4 Å². The molecular weight excluding hydrogens is 406 g/mol.